The summed E-state index contributed by atoms with van der Waals surface area (Å²) in [5.41, 5.74) is 5.84. The minimum atomic E-state index is -0.409. The average Bonchev–Trinajstić information content (AvgIpc) is 2.69. The number of halogens is 1. The summed E-state index contributed by atoms with van der Waals surface area (Å²) < 4.78 is 6.72. The molecular weight excluding hydrogens is 302 g/mol. The molecule has 2 N–H and O–H groups in total. The molecular formula is C10H10BrN5O2. The molecule has 0 aliphatic carbocycles. The second-order valence-electron chi connectivity index (χ2n) is 3.28. The predicted molar refractivity (Wildman–Crippen MR) is 67.2 cm³/mol. The highest BCUT2D eigenvalue weighted by Crippen LogP contribution is 2.14. The monoisotopic (exact) mass is 311 g/mol. The zero-order chi connectivity index (χ0) is 13.1. The number of anilines is 1. The first kappa shape index (κ1) is 12.5. The third-order valence-corrected chi connectivity index (χ3v) is 2.57. The van der Waals surface area contributed by atoms with Crippen molar-refractivity contribution in [3.63, 3.8) is 0 Å². The number of esters is 1. The Kier molecular flexibility index (Phi) is 3.56. The van der Waals surface area contributed by atoms with E-state index in [1.165, 1.54) is 10.9 Å². The molecule has 0 aromatic carbocycles. The van der Waals surface area contributed by atoms with E-state index in [-0.39, 0.29) is 5.95 Å². The molecule has 2 rings (SSSR count). The van der Waals surface area contributed by atoms with Crippen molar-refractivity contribution in [2.24, 2.45) is 0 Å². The molecule has 94 valence electrons. The molecule has 0 fully saturated rings. The summed E-state index contributed by atoms with van der Waals surface area (Å²) in [5, 5.41) is 3.95. The van der Waals surface area contributed by atoms with E-state index < -0.39 is 5.97 Å². The van der Waals surface area contributed by atoms with Crippen LogP contribution in [0.5, 0.6) is 0 Å². The quantitative estimate of drug-likeness (QED) is 0.855. The molecule has 0 radical (unpaired) electrons. The Morgan fingerprint density at radius 3 is 2.83 bits per heavy atom. The lowest BCUT2D eigenvalue weighted by atomic mass is 10.3. The van der Waals surface area contributed by atoms with Gasteiger partial charge in [0.25, 0.3) is 0 Å². The smallest absolute Gasteiger partial charge is 0.339 e. The zero-order valence-corrected chi connectivity index (χ0v) is 11.1. The van der Waals surface area contributed by atoms with Crippen LogP contribution in [0, 0.1) is 0 Å². The third kappa shape index (κ3) is 2.48. The number of nitrogen functional groups attached to an aromatic ring is 1. The molecule has 0 aliphatic rings. The lowest BCUT2D eigenvalue weighted by molar-refractivity contribution is 0.0526. The summed E-state index contributed by atoms with van der Waals surface area (Å²) >= 11 is 3.20. The molecule has 0 unspecified atom stereocenters. The standard InChI is InChI=1S/C10H10BrN5O2/c1-2-18-8(17)6-3-4-7(13-5-6)16-9(11)14-10(12)15-16/h3-5H,2H2,1H3,(H2,12,15). The zero-order valence-electron chi connectivity index (χ0n) is 9.50. The van der Waals surface area contributed by atoms with Gasteiger partial charge in [-0.1, -0.05) is 0 Å². The fraction of sp³-hybridized carbons (Fsp3) is 0.200. The van der Waals surface area contributed by atoms with E-state index in [9.17, 15) is 4.79 Å². The van der Waals surface area contributed by atoms with Crippen molar-refractivity contribution in [1.29, 1.82) is 0 Å². The molecule has 0 bridgehead atoms. The van der Waals surface area contributed by atoms with Gasteiger partial charge in [-0.25, -0.2) is 9.78 Å². The first-order valence-corrected chi connectivity index (χ1v) is 5.92. The molecule has 8 heteroatoms. The van der Waals surface area contributed by atoms with Crippen LogP contribution in [-0.4, -0.2) is 32.3 Å². The summed E-state index contributed by atoms with van der Waals surface area (Å²) in [6.07, 6.45) is 1.41. The Bertz CT molecular complexity index is 566. The van der Waals surface area contributed by atoms with Crippen LogP contribution in [0.1, 0.15) is 17.3 Å². The fourth-order valence-corrected chi connectivity index (χ4v) is 1.74. The molecule has 2 heterocycles. The highest BCUT2D eigenvalue weighted by atomic mass is 79.9. The summed E-state index contributed by atoms with van der Waals surface area (Å²) in [7, 11) is 0. The van der Waals surface area contributed by atoms with Gasteiger partial charge in [0.15, 0.2) is 5.82 Å². The molecule has 0 aliphatic heterocycles. The van der Waals surface area contributed by atoms with Crippen LogP contribution in [0.15, 0.2) is 23.1 Å². The van der Waals surface area contributed by atoms with Crippen molar-refractivity contribution in [3.05, 3.63) is 28.6 Å². The lowest BCUT2D eigenvalue weighted by Crippen LogP contribution is -2.07. The first-order valence-electron chi connectivity index (χ1n) is 5.13. The van der Waals surface area contributed by atoms with Gasteiger partial charge in [-0.05, 0) is 35.0 Å². The van der Waals surface area contributed by atoms with E-state index in [0.29, 0.717) is 22.7 Å². The van der Waals surface area contributed by atoms with Crippen LogP contribution >= 0.6 is 15.9 Å². The van der Waals surface area contributed by atoms with E-state index >= 15 is 0 Å². The number of hydrogen-bond donors (Lipinski definition) is 1. The molecule has 0 atom stereocenters. The van der Waals surface area contributed by atoms with Crippen LogP contribution in [0.3, 0.4) is 0 Å². The van der Waals surface area contributed by atoms with Crippen LogP contribution in [-0.2, 0) is 4.74 Å². The fourth-order valence-electron chi connectivity index (χ4n) is 1.30. The van der Waals surface area contributed by atoms with E-state index in [2.05, 4.69) is 31.0 Å². The van der Waals surface area contributed by atoms with Gasteiger partial charge >= 0.3 is 5.97 Å². The van der Waals surface area contributed by atoms with Crippen LogP contribution in [0.2, 0.25) is 0 Å². The van der Waals surface area contributed by atoms with Gasteiger partial charge in [0.2, 0.25) is 10.7 Å². The minimum absolute atomic E-state index is 0.137. The Balaban J connectivity index is 2.27. The highest BCUT2D eigenvalue weighted by Gasteiger charge is 2.10. The number of hydrogen-bond acceptors (Lipinski definition) is 6. The molecule has 18 heavy (non-hydrogen) atoms. The molecule has 0 spiro atoms. The topological polar surface area (TPSA) is 95.9 Å². The number of carbonyl (C=O) groups excluding carboxylic acids is 1. The van der Waals surface area contributed by atoms with E-state index in [1.807, 2.05) is 0 Å². The van der Waals surface area contributed by atoms with Crippen molar-refractivity contribution >= 4 is 27.8 Å². The number of nitrogens with two attached hydrogens (primary N) is 1. The number of ether oxygens (including phenoxy) is 1. The molecule has 2 aromatic heterocycles. The van der Waals surface area contributed by atoms with Crippen molar-refractivity contribution in [1.82, 2.24) is 19.7 Å². The normalized spacial score (nSPS) is 10.3. The van der Waals surface area contributed by atoms with Crippen molar-refractivity contribution in [3.8, 4) is 5.82 Å². The Hall–Kier alpha value is -1.96. The second kappa shape index (κ2) is 5.13. The van der Waals surface area contributed by atoms with Gasteiger partial charge in [0.1, 0.15) is 0 Å². The minimum Gasteiger partial charge on any atom is -0.462 e. The number of pyridine rings is 1. The van der Waals surface area contributed by atoms with E-state index in [0.717, 1.165) is 0 Å². The predicted octanol–water partition coefficient (Wildman–Crippen LogP) is 1.18. The maximum atomic E-state index is 11.4. The van der Waals surface area contributed by atoms with Gasteiger partial charge < -0.3 is 10.5 Å². The van der Waals surface area contributed by atoms with Crippen molar-refractivity contribution in [2.45, 2.75) is 6.92 Å². The molecule has 0 saturated carbocycles. The van der Waals surface area contributed by atoms with Gasteiger partial charge in [-0.15, -0.1) is 5.10 Å². The van der Waals surface area contributed by atoms with Gasteiger partial charge in [-0.2, -0.15) is 9.67 Å². The number of rotatable bonds is 3. The molecule has 0 amide bonds. The van der Waals surface area contributed by atoms with Crippen molar-refractivity contribution < 1.29 is 9.53 Å². The largest absolute Gasteiger partial charge is 0.462 e. The average molecular weight is 312 g/mol. The maximum absolute atomic E-state index is 11.4. The SMILES string of the molecule is CCOC(=O)c1ccc(-n2nc(N)nc2Br)nc1. The van der Waals surface area contributed by atoms with Gasteiger partial charge in [0, 0.05) is 6.20 Å². The first-order chi connectivity index (χ1) is 8.61. The van der Waals surface area contributed by atoms with Gasteiger partial charge in [0.05, 0.1) is 12.2 Å². The molecule has 0 saturated heterocycles. The van der Waals surface area contributed by atoms with Gasteiger partial charge in [-0.3, -0.25) is 0 Å². The molecule has 2 aromatic rings. The summed E-state index contributed by atoms with van der Waals surface area (Å²) in [5.74, 6) is 0.228. The molecule has 7 nitrogen and oxygen atoms in total. The Morgan fingerprint density at radius 2 is 2.33 bits per heavy atom. The highest BCUT2D eigenvalue weighted by molar-refractivity contribution is 9.10. The van der Waals surface area contributed by atoms with Crippen LogP contribution in [0.4, 0.5) is 5.95 Å². The summed E-state index contributed by atoms with van der Waals surface area (Å²) in [6.45, 7) is 2.07. The van der Waals surface area contributed by atoms with E-state index in [4.69, 9.17) is 10.5 Å². The van der Waals surface area contributed by atoms with E-state index in [1.54, 1.807) is 19.1 Å². The number of carbonyl (C=O) groups is 1. The second-order valence-corrected chi connectivity index (χ2v) is 3.99. The maximum Gasteiger partial charge on any atom is 0.339 e. The Morgan fingerprint density at radius 1 is 1.56 bits per heavy atom. The summed E-state index contributed by atoms with van der Waals surface area (Å²) in [4.78, 5) is 19.4. The third-order valence-electron chi connectivity index (χ3n) is 2.06. The Labute approximate surface area is 111 Å². The summed E-state index contributed by atoms with van der Waals surface area (Å²) in [6, 6.07) is 3.23. The number of aromatic nitrogens is 4. The van der Waals surface area contributed by atoms with Crippen LogP contribution in [0.25, 0.3) is 5.82 Å². The lowest BCUT2D eigenvalue weighted by Gasteiger charge is -2.03. The van der Waals surface area contributed by atoms with Crippen molar-refractivity contribution in [2.75, 3.05) is 12.3 Å². The number of nitrogens with zero attached hydrogens (tertiary/aromatic N) is 4. The van der Waals surface area contributed by atoms with Crippen LogP contribution < -0.4 is 5.73 Å².